The molecule has 80 valence electrons. The van der Waals surface area contributed by atoms with Gasteiger partial charge >= 0.3 is 5.97 Å². The van der Waals surface area contributed by atoms with Gasteiger partial charge in [0.15, 0.2) is 0 Å². The van der Waals surface area contributed by atoms with Crippen molar-refractivity contribution in [2.75, 3.05) is 18.0 Å². The predicted molar refractivity (Wildman–Crippen MR) is 54.0 cm³/mol. The fourth-order valence-corrected chi connectivity index (χ4v) is 1.71. The molecular formula is C10H12N2O3. The monoisotopic (exact) mass is 208 g/mol. The SMILES string of the molecule is O=C(O)c1cc(N2CCC(O)C2)ccn1. The van der Waals surface area contributed by atoms with Crippen molar-refractivity contribution in [3.63, 3.8) is 0 Å². The molecule has 0 spiro atoms. The van der Waals surface area contributed by atoms with Gasteiger partial charge < -0.3 is 15.1 Å². The van der Waals surface area contributed by atoms with E-state index in [-0.39, 0.29) is 11.8 Å². The zero-order valence-corrected chi connectivity index (χ0v) is 8.13. The number of pyridine rings is 1. The zero-order chi connectivity index (χ0) is 10.8. The van der Waals surface area contributed by atoms with Crippen LogP contribution < -0.4 is 4.90 Å². The maximum absolute atomic E-state index is 10.7. The van der Waals surface area contributed by atoms with Gasteiger partial charge in [-0.05, 0) is 18.6 Å². The summed E-state index contributed by atoms with van der Waals surface area (Å²) in [7, 11) is 0. The average molecular weight is 208 g/mol. The smallest absolute Gasteiger partial charge is 0.354 e. The van der Waals surface area contributed by atoms with E-state index in [0.717, 1.165) is 18.7 Å². The van der Waals surface area contributed by atoms with Crippen LogP contribution in [0.15, 0.2) is 18.3 Å². The van der Waals surface area contributed by atoms with Crippen LogP contribution in [-0.4, -0.2) is 40.4 Å². The highest BCUT2D eigenvalue weighted by atomic mass is 16.4. The van der Waals surface area contributed by atoms with Crippen molar-refractivity contribution < 1.29 is 15.0 Å². The molecule has 1 aromatic heterocycles. The van der Waals surface area contributed by atoms with Crippen molar-refractivity contribution in [2.45, 2.75) is 12.5 Å². The number of nitrogens with zero attached hydrogens (tertiary/aromatic N) is 2. The quantitative estimate of drug-likeness (QED) is 0.733. The Kier molecular flexibility index (Phi) is 2.55. The van der Waals surface area contributed by atoms with Gasteiger partial charge in [0.1, 0.15) is 5.69 Å². The summed E-state index contributed by atoms with van der Waals surface area (Å²) in [5.74, 6) is -1.03. The van der Waals surface area contributed by atoms with E-state index in [1.807, 2.05) is 4.90 Å². The van der Waals surface area contributed by atoms with Gasteiger partial charge in [0.05, 0.1) is 6.10 Å². The summed E-state index contributed by atoms with van der Waals surface area (Å²) in [5.41, 5.74) is 0.841. The Morgan fingerprint density at radius 2 is 2.40 bits per heavy atom. The molecule has 0 saturated carbocycles. The lowest BCUT2D eigenvalue weighted by Gasteiger charge is -2.17. The summed E-state index contributed by atoms with van der Waals surface area (Å²) in [6.07, 6.45) is 1.89. The van der Waals surface area contributed by atoms with Gasteiger partial charge in [-0.3, -0.25) is 0 Å². The molecule has 5 heteroatoms. The van der Waals surface area contributed by atoms with Crippen molar-refractivity contribution in [3.05, 3.63) is 24.0 Å². The molecule has 1 aliphatic heterocycles. The number of aromatic nitrogens is 1. The average Bonchev–Trinajstić information content (AvgIpc) is 2.65. The van der Waals surface area contributed by atoms with Crippen molar-refractivity contribution in [3.8, 4) is 0 Å². The van der Waals surface area contributed by atoms with Gasteiger partial charge in [0, 0.05) is 25.0 Å². The lowest BCUT2D eigenvalue weighted by Crippen LogP contribution is -2.21. The molecule has 2 heterocycles. The van der Waals surface area contributed by atoms with E-state index in [2.05, 4.69) is 4.98 Å². The third kappa shape index (κ3) is 2.07. The molecule has 1 aromatic rings. The molecule has 0 aromatic carbocycles. The summed E-state index contributed by atoms with van der Waals surface area (Å²) in [6.45, 7) is 1.31. The van der Waals surface area contributed by atoms with Crippen LogP contribution in [0.3, 0.4) is 0 Å². The standard InChI is InChI=1S/C10H12N2O3/c13-8-2-4-12(6-8)7-1-3-11-9(5-7)10(14)15/h1,3,5,8,13H,2,4,6H2,(H,14,15). The number of carbonyl (C=O) groups is 1. The van der Waals surface area contributed by atoms with E-state index in [1.165, 1.54) is 12.3 Å². The number of aliphatic hydroxyl groups excluding tert-OH is 1. The number of carboxylic acid groups (broad SMARTS) is 1. The van der Waals surface area contributed by atoms with E-state index < -0.39 is 5.97 Å². The molecule has 0 bridgehead atoms. The maximum Gasteiger partial charge on any atom is 0.354 e. The number of anilines is 1. The summed E-state index contributed by atoms with van der Waals surface area (Å²) in [6, 6.07) is 3.28. The zero-order valence-electron chi connectivity index (χ0n) is 8.13. The fourth-order valence-electron chi connectivity index (χ4n) is 1.71. The second-order valence-corrected chi connectivity index (χ2v) is 3.59. The minimum Gasteiger partial charge on any atom is -0.477 e. The van der Waals surface area contributed by atoms with Crippen LogP contribution in [0.1, 0.15) is 16.9 Å². The number of aromatic carboxylic acids is 1. The van der Waals surface area contributed by atoms with Gasteiger partial charge in [-0.1, -0.05) is 0 Å². The van der Waals surface area contributed by atoms with Gasteiger partial charge in [-0.2, -0.15) is 0 Å². The Labute approximate surface area is 87.0 Å². The van der Waals surface area contributed by atoms with E-state index in [0.29, 0.717) is 6.54 Å². The molecule has 1 unspecified atom stereocenters. The van der Waals surface area contributed by atoms with E-state index >= 15 is 0 Å². The molecule has 5 nitrogen and oxygen atoms in total. The fraction of sp³-hybridized carbons (Fsp3) is 0.400. The summed E-state index contributed by atoms with van der Waals surface area (Å²) in [4.78, 5) is 16.4. The van der Waals surface area contributed by atoms with Crippen molar-refractivity contribution >= 4 is 11.7 Å². The van der Waals surface area contributed by atoms with Crippen molar-refractivity contribution in [1.82, 2.24) is 4.98 Å². The molecule has 1 fully saturated rings. The first-order valence-corrected chi connectivity index (χ1v) is 4.79. The van der Waals surface area contributed by atoms with Gasteiger partial charge in [-0.25, -0.2) is 9.78 Å². The van der Waals surface area contributed by atoms with Gasteiger partial charge in [0.2, 0.25) is 0 Å². The molecule has 0 radical (unpaired) electrons. The second-order valence-electron chi connectivity index (χ2n) is 3.59. The normalized spacial score (nSPS) is 20.6. The Hall–Kier alpha value is -1.62. The first-order chi connectivity index (χ1) is 7.16. The topological polar surface area (TPSA) is 73.7 Å². The van der Waals surface area contributed by atoms with Crippen molar-refractivity contribution in [1.29, 1.82) is 0 Å². The Morgan fingerprint density at radius 3 is 3.00 bits per heavy atom. The van der Waals surface area contributed by atoms with Crippen LogP contribution in [0.2, 0.25) is 0 Å². The van der Waals surface area contributed by atoms with E-state index in [1.54, 1.807) is 6.07 Å². The van der Waals surface area contributed by atoms with E-state index in [9.17, 15) is 9.90 Å². The number of hydrogen-bond acceptors (Lipinski definition) is 4. The highest BCUT2D eigenvalue weighted by Gasteiger charge is 2.21. The summed E-state index contributed by atoms with van der Waals surface area (Å²) < 4.78 is 0. The van der Waals surface area contributed by atoms with Gasteiger partial charge in [0.25, 0.3) is 0 Å². The number of hydrogen-bond donors (Lipinski definition) is 2. The molecule has 1 saturated heterocycles. The summed E-state index contributed by atoms with van der Waals surface area (Å²) in [5, 5.41) is 18.1. The van der Waals surface area contributed by atoms with Crippen LogP contribution in [0.5, 0.6) is 0 Å². The molecule has 0 amide bonds. The summed E-state index contributed by atoms with van der Waals surface area (Å²) >= 11 is 0. The van der Waals surface area contributed by atoms with Crippen LogP contribution in [0.25, 0.3) is 0 Å². The van der Waals surface area contributed by atoms with Crippen LogP contribution in [-0.2, 0) is 0 Å². The second kappa shape index (κ2) is 3.86. The molecular weight excluding hydrogens is 196 g/mol. The van der Waals surface area contributed by atoms with Crippen LogP contribution >= 0.6 is 0 Å². The molecule has 0 aliphatic carbocycles. The molecule has 1 atom stereocenters. The molecule has 2 rings (SSSR count). The minimum absolute atomic E-state index is 0.0360. The lowest BCUT2D eigenvalue weighted by atomic mass is 10.3. The minimum atomic E-state index is -1.03. The first kappa shape index (κ1) is 9.92. The number of rotatable bonds is 2. The Bertz CT molecular complexity index is 381. The van der Waals surface area contributed by atoms with Crippen molar-refractivity contribution in [2.24, 2.45) is 0 Å². The molecule has 15 heavy (non-hydrogen) atoms. The number of aliphatic hydroxyl groups is 1. The number of carboxylic acids is 1. The number of β-amino-alcohol motifs (C(OH)–C–C–N with tert-alkyl or cyclic N) is 1. The molecule has 1 aliphatic rings. The molecule has 2 N–H and O–H groups in total. The Balaban J connectivity index is 2.21. The van der Waals surface area contributed by atoms with Gasteiger partial charge in [-0.15, -0.1) is 0 Å². The maximum atomic E-state index is 10.7. The largest absolute Gasteiger partial charge is 0.477 e. The first-order valence-electron chi connectivity index (χ1n) is 4.79. The van der Waals surface area contributed by atoms with Crippen LogP contribution in [0, 0.1) is 0 Å². The van der Waals surface area contributed by atoms with E-state index in [4.69, 9.17) is 5.11 Å². The third-order valence-corrected chi connectivity index (χ3v) is 2.49. The highest BCUT2D eigenvalue weighted by Crippen LogP contribution is 2.20. The predicted octanol–water partition coefficient (Wildman–Crippen LogP) is 0.351. The van der Waals surface area contributed by atoms with Crippen LogP contribution in [0.4, 0.5) is 5.69 Å². The highest BCUT2D eigenvalue weighted by molar-refractivity contribution is 5.86. The third-order valence-electron chi connectivity index (χ3n) is 2.49. The Morgan fingerprint density at radius 1 is 1.60 bits per heavy atom. The lowest BCUT2D eigenvalue weighted by molar-refractivity contribution is 0.0690.